The predicted octanol–water partition coefficient (Wildman–Crippen LogP) is 4.30. The number of hydrogen-bond donors (Lipinski definition) is 1. The smallest absolute Gasteiger partial charge is 0.373 e. The minimum absolute atomic E-state index is 0.264. The molecule has 2 rings (SSSR count). The SMILES string of the molecule is CCCC1CCCCN1c1cc(C(F)(F)F)cc(NC)n1. The molecule has 0 saturated carbocycles. The number of hydrogen-bond acceptors (Lipinski definition) is 3. The van der Waals surface area contributed by atoms with Crippen LogP contribution in [0.4, 0.5) is 24.8 Å². The Balaban J connectivity index is 2.36. The highest BCUT2D eigenvalue weighted by Crippen LogP contribution is 2.34. The van der Waals surface area contributed by atoms with Crippen molar-refractivity contribution in [3.05, 3.63) is 17.7 Å². The van der Waals surface area contributed by atoms with Gasteiger partial charge in [0.25, 0.3) is 0 Å². The number of piperidine rings is 1. The highest BCUT2D eigenvalue weighted by Gasteiger charge is 2.33. The largest absolute Gasteiger partial charge is 0.416 e. The van der Waals surface area contributed by atoms with Crippen LogP contribution in [0.1, 0.15) is 44.6 Å². The van der Waals surface area contributed by atoms with Crippen molar-refractivity contribution in [1.82, 2.24) is 4.98 Å². The molecule has 1 aliphatic rings. The van der Waals surface area contributed by atoms with Crippen LogP contribution in [-0.2, 0) is 6.18 Å². The Morgan fingerprint density at radius 1 is 1.33 bits per heavy atom. The molecular weight excluding hydrogens is 279 g/mol. The Kier molecular flexibility index (Phi) is 4.96. The number of halogens is 3. The Morgan fingerprint density at radius 2 is 2.10 bits per heavy atom. The molecule has 1 N–H and O–H groups in total. The third-order valence-electron chi connectivity index (χ3n) is 3.94. The van der Waals surface area contributed by atoms with E-state index in [4.69, 9.17) is 0 Å². The molecule has 1 aromatic rings. The highest BCUT2D eigenvalue weighted by molar-refractivity contribution is 5.52. The number of rotatable bonds is 4. The number of nitrogens with zero attached hydrogens (tertiary/aromatic N) is 2. The second-order valence-electron chi connectivity index (χ2n) is 5.48. The second kappa shape index (κ2) is 6.54. The first-order valence-corrected chi connectivity index (χ1v) is 7.49. The monoisotopic (exact) mass is 301 g/mol. The summed E-state index contributed by atoms with van der Waals surface area (Å²) in [6.45, 7) is 2.88. The third kappa shape index (κ3) is 3.80. The van der Waals surface area contributed by atoms with E-state index in [0.717, 1.165) is 44.7 Å². The summed E-state index contributed by atoms with van der Waals surface area (Å²) in [5.74, 6) is 0.702. The lowest BCUT2D eigenvalue weighted by Gasteiger charge is -2.37. The molecule has 1 atom stereocenters. The van der Waals surface area contributed by atoms with Gasteiger partial charge in [-0.1, -0.05) is 13.3 Å². The lowest BCUT2D eigenvalue weighted by atomic mass is 9.98. The van der Waals surface area contributed by atoms with E-state index in [9.17, 15) is 13.2 Å². The van der Waals surface area contributed by atoms with Gasteiger partial charge in [0.2, 0.25) is 0 Å². The van der Waals surface area contributed by atoms with Gasteiger partial charge in [-0.3, -0.25) is 0 Å². The second-order valence-corrected chi connectivity index (χ2v) is 5.48. The zero-order valence-electron chi connectivity index (χ0n) is 12.5. The molecule has 1 aromatic heterocycles. The van der Waals surface area contributed by atoms with E-state index in [1.54, 1.807) is 7.05 Å². The summed E-state index contributed by atoms with van der Waals surface area (Å²) in [7, 11) is 1.59. The van der Waals surface area contributed by atoms with Gasteiger partial charge in [-0.2, -0.15) is 13.2 Å². The standard InChI is InChI=1S/C15H22F3N3/c1-3-6-12-7-4-5-8-21(12)14-10-11(15(16,17)18)9-13(19-2)20-14/h9-10,12H,3-8H2,1-2H3,(H,19,20). The van der Waals surface area contributed by atoms with Gasteiger partial charge < -0.3 is 10.2 Å². The number of nitrogens with one attached hydrogen (secondary N) is 1. The van der Waals surface area contributed by atoms with Crippen LogP contribution in [0.15, 0.2) is 12.1 Å². The molecule has 0 bridgehead atoms. The maximum Gasteiger partial charge on any atom is 0.416 e. The molecule has 1 fully saturated rings. The van der Waals surface area contributed by atoms with Gasteiger partial charge in [-0.05, 0) is 37.8 Å². The van der Waals surface area contributed by atoms with Crippen LogP contribution in [0, 0.1) is 0 Å². The van der Waals surface area contributed by atoms with E-state index >= 15 is 0 Å². The summed E-state index contributed by atoms with van der Waals surface area (Å²) >= 11 is 0. The van der Waals surface area contributed by atoms with Crippen LogP contribution in [0.2, 0.25) is 0 Å². The van der Waals surface area contributed by atoms with Crippen molar-refractivity contribution in [3.8, 4) is 0 Å². The average Bonchev–Trinajstić information content (AvgIpc) is 2.47. The molecule has 3 nitrogen and oxygen atoms in total. The normalized spacial score (nSPS) is 19.7. The van der Waals surface area contributed by atoms with Gasteiger partial charge in [0.05, 0.1) is 5.56 Å². The van der Waals surface area contributed by atoms with Crippen molar-refractivity contribution in [1.29, 1.82) is 0 Å². The summed E-state index contributed by atoms with van der Waals surface area (Å²) in [6.07, 6.45) is 0.845. The summed E-state index contributed by atoms with van der Waals surface area (Å²) in [5, 5.41) is 2.73. The maximum atomic E-state index is 13.0. The van der Waals surface area contributed by atoms with Crippen molar-refractivity contribution in [3.63, 3.8) is 0 Å². The Hall–Kier alpha value is -1.46. The lowest BCUT2D eigenvalue weighted by molar-refractivity contribution is -0.137. The van der Waals surface area contributed by atoms with Crippen LogP contribution in [0.5, 0.6) is 0 Å². The molecule has 0 radical (unpaired) electrons. The van der Waals surface area contributed by atoms with Gasteiger partial charge in [0, 0.05) is 19.6 Å². The van der Waals surface area contributed by atoms with E-state index < -0.39 is 11.7 Å². The number of aromatic nitrogens is 1. The van der Waals surface area contributed by atoms with Crippen LogP contribution in [0.25, 0.3) is 0 Å². The van der Waals surface area contributed by atoms with E-state index in [2.05, 4.69) is 17.2 Å². The van der Waals surface area contributed by atoms with Crippen LogP contribution in [-0.4, -0.2) is 24.6 Å². The van der Waals surface area contributed by atoms with E-state index in [-0.39, 0.29) is 5.82 Å². The number of anilines is 2. The average molecular weight is 301 g/mol. The van der Waals surface area contributed by atoms with Crippen molar-refractivity contribution >= 4 is 11.6 Å². The molecule has 0 aliphatic carbocycles. The topological polar surface area (TPSA) is 28.2 Å². The van der Waals surface area contributed by atoms with Crippen LogP contribution >= 0.6 is 0 Å². The first-order valence-electron chi connectivity index (χ1n) is 7.49. The van der Waals surface area contributed by atoms with E-state index in [1.165, 1.54) is 6.07 Å². The molecule has 1 aliphatic heterocycles. The first-order chi connectivity index (χ1) is 9.95. The first kappa shape index (κ1) is 15.9. The Bertz CT molecular complexity index is 472. The molecule has 1 unspecified atom stereocenters. The summed E-state index contributed by atoms with van der Waals surface area (Å²) in [5.41, 5.74) is -0.641. The summed E-state index contributed by atoms with van der Waals surface area (Å²) in [6, 6.07) is 2.53. The Labute approximate surface area is 123 Å². The zero-order valence-corrected chi connectivity index (χ0v) is 12.5. The third-order valence-corrected chi connectivity index (χ3v) is 3.94. The molecule has 0 spiro atoms. The van der Waals surface area contributed by atoms with E-state index in [1.807, 2.05) is 4.90 Å². The number of alkyl halides is 3. The van der Waals surface area contributed by atoms with Gasteiger partial charge in [0.1, 0.15) is 11.6 Å². The molecule has 6 heteroatoms. The fourth-order valence-corrected chi connectivity index (χ4v) is 2.89. The number of pyridine rings is 1. The van der Waals surface area contributed by atoms with Gasteiger partial charge >= 0.3 is 6.18 Å². The lowest BCUT2D eigenvalue weighted by Crippen LogP contribution is -2.40. The minimum atomic E-state index is -4.35. The van der Waals surface area contributed by atoms with Crippen molar-refractivity contribution < 1.29 is 13.2 Å². The molecular formula is C15H22F3N3. The van der Waals surface area contributed by atoms with Crippen molar-refractivity contribution in [2.24, 2.45) is 0 Å². The minimum Gasteiger partial charge on any atom is -0.373 e. The molecule has 21 heavy (non-hydrogen) atoms. The van der Waals surface area contributed by atoms with Crippen molar-refractivity contribution in [2.75, 3.05) is 23.8 Å². The van der Waals surface area contributed by atoms with Crippen LogP contribution < -0.4 is 10.2 Å². The van der Waals surface area contributed by atoms with Gasteiger partial charge in [-0.25, -0.2) is 4.98 Å². The summed E-state index contributed by atoms with van der Waals surface area (Å²) < 4.78 is 39.1. The fraction of sp³-hybridized carbons (Fsp3) is 0.667. The molecule has 118 valence electrons. The predicted molar refractivity (Wildman–Crippen MR) is 78.7 cm³/mol. The molecule has 0 aromatic carbocycles. The van der Waals surface area contributed by atoms with Gasteiger partial charge in [0.15, 0.2) is 0 Å². The molecule has 1 saturated heterocycles. The summed E-state index contributed by atoms with van der Waals surface area (Å²) in [4.78, 5) is 6.38. The Morgan fingerprint density at radius 3 is 2.71 bits per heavy atom. The van der Waals surface area contributed by atoms with Crippen LogP contribution in [0.3, 0.4) is 0 Å². The van der Waals surface area contributed by atoms with Gasteiger partial charge in [-0.15, -0.1) is 0 Å². The molecule has 2 heterocycles. The fourth-order valence-electron chi connectivity index (χ4n) is 2.89. The maximum absolute atomic E-state index is 13.0. The zero-order chi connectivity index (χ0) is 15.5. The quantitative estimate of drug-likeness (QED) is 0.898. The highest BCUT2D eigenvalue weighted by atomic mass is 19.4. The van der Waals surface area contributed by atoms with E-state index in [0.29, 0.717) is 11.9 Å². The molecule has 0 amide bonds. The van der Waals surface area contributed by atoms with Crippen molar-refractivity contribution in [2.45, 2.75) is 51.2 Å².